The monoisotopic (exact) mass is 449 g/mol. The molecule has 0 atom stereocenters. The van der Waals surface area contributed by atoms with E-state index in [1.165, 1.54) is 34.9 Å². The molecule has 0 radical (unpaired) electrons. The number of nitrogens with zero attached hydrogens (tertiary/aromatic N) is 3. The molecule has 0 bridgehead atoms. The van der Waals surface area contributed by atoms with Crippen LogP contribution < -0.4 is 10.6 Å². The Morgan fingerprint density at radius 3 is 2.71 bits per heavy atom. The van der Waals surface area contributed by atoms with Crippen molar-refractivity contribution in [3.8, 4) is 11.3 Å². The lowest BCUT2D eigenvalue weighted by molar-refractivity contribution is 0.147. The van der Waals surface area contributed by atoms with Gasteiger partial charge in [0.25, 0.3) is 0 Å². The average molecular weight is 450 g/mol. The van der Waals surface area contributed by atoms with Crippen LogP contribution in [-0.2, 0) is 13.0 Å². The molecule has 2 aliphatic rings. The van der Waals surface area contributed by atoms with Crippen molar-refractivity contribution in [2.45, 2.75) is 38.8 Å². The molecule has 0 aliphatic carbocycles. The van der Waals surface area contributed by atoms with E-state index in [0.717, 1.165) is 60.7 Å². The number of piperidine rings is 1. The van der Waals surface area contributed by atoms with Crippen LogP contribution in [0.5, 0.6) is 0 Å². The van der Waals surface area contributed by atoms with Gasteiger partial charge < -0.3 is 10.6 Å². The van der Waals surface area contributed by atoms with E-state index < -0.39 is 0 Å². The van der Waals surface area contributed by atoms with Crippen LogP contribution in [0.4, 0.5) is 11.5 Å². The summed E-state index contributed by atoms with van der Waals surface area (Å²) in [7, 11) is 0. The molecule has 0 unspecified atom stereocenters. The van der Waals surface area contributed by atoms with Crippen LogP contribution >= 0.6 is 0 Å². The zero-order chi connectivity index (χ0) is 22.9. The predicted molar refractivity (Wildman–Crippen MR) is 139 cm³/mol. The summed E-state index contributed by atoms with van der Waals surface area (Å²) < 4.78 is 0. The fourth-order valence-corrected chi connectivity index (χ4v) is 5.45. The van der Waals surface area contributed by atoms with Crippen molar-refractivity contribution in [1.82, 2.24) is 20.2 Å². The molecule has 1 fully saturated rings. The number of aromatic nitrogens is 2. The van der Waals surface area contributed by atoms with Crippen molar-refractivity contribution in [2.75, 3.05) is 25.0 Å². The second kappa shape index (κ2) is 9.16. The fraction of sp³-hybridized carbons (Fsp3) is 0.310. The highest BCUT2D eigenvalue weighted by molar-refractivity contribution is 5.86. The van der Waals surface area contributed by atoms with Crippen molar-refractivity contribution in [2.24, 2.45) is 0 Å². The zero-order valence-corrected chi connectivity index (χ0v) is 19.7. The smallest absolute Gasteiger partial charge is 0.133 e. The van der Waals surface area contributed by atoms with Gasteiger partial charge in [0.05, 0.1) is 5.69 Å². The first kappa shape index (κ1) is 21.3. The highest BCUT2D eigenvalue weighted by Gasteiger charge is 2.26. The summed E-state index contributed by atoms with van der Waals surface area (Å²) in [6.07, 6.45) is 7.46. The Hall–Kier alpha value is -3.28. The van der Waals surface area contributed by atoms with Gasteiger partial charge in [-0.2, -0.15) is 0 Å². The van der Waals surface area contributed by atoms with E-state index in [2.05, 4.69) is 77.1 Å². The molecule has 2 aromatic heterocycles. The van der Waals surface area contributed by atoms with Crippen LogP contribution in [0.3, 0.4) is 0 Å². The Balaban J connectivity index is 1.27. The van der Waals surface area contributed by atoms with Crippen molar-refractivity contribution in [3.63, 3.8) is 0 Å². The Labute approximate surface area is 201 Å². The standard InChI is InChI=1S/C29H31N5/c1-20-6-7-24(17-27(20)28-16-21-4-2-3-5-22(21)18-32-28)33-29-26-11-15-34(19-23(26)8-14-31-29)25-9-12-30-13-10-25/h2-8,14,16-18,25,30H,9-13,15,19H2,1H3,(H,31,33). The summed E-state index contributed by atoms with van der Waals surface area (Å²) in [5, 5.41) is 9.49. The van der Waals surface area contributed by atoms with Crippen molar-refractivity contribution >= 4 is 22.3 Å². The molecule has 0 spiro atoms. The Kier molecular flexibility index (Phi) is 5.73. The van der Waals surface area contributed by atoms with Crippen LogP contribution in [-0.4, -0.2) is 40.5 Å². The van der Waals surface area contributed by atoms with Gasteiger partial charge in [-0.25, -0.2) is 4.98 Å². The third kappa shape index (κ3) is 4.17. The highest BCUT2D eigenvalue weighted by Crippen LogP contribution is 2.32. The van der Waals surface area contributed by atoms with Crippen LogP contribution in [0.15, 0.2) is 67.0 Å². The van der Waals surface area contributed by atoms with Crippen LogP contribution in [0.2, 0.25) is 0 Å². The van der Waals surface area contributed by atoms with Crippen LogP contribution in [0, 0.1) is 6.92 Å². The Bertz CT molecular complexity index is 1330. The summed E-state index contributed by atoms with van der Waals surface area (Å²) >= 11 is 0. The number of anilines is 2. The zero-order valence-electron chi connectivity index (χ0n) is 19.7. The van der Waals surface area contributed by atoms with Gasteiger partial charge in [-0.15, -0.1) is 0 Å². The van der Waals surface area contributed by atoms with Crippen molar-refractivity contribution in [3.05, 3.63) is 83.7 Å². The number of hydrogen-bond donors (Lipinski definition) is 2. The van der Waals surface area contributed by atoms with E-state index in [0.29, 0.717) is 6.04 Å². The van der Waals surface area contributed by atoms with E-state index in [4.69, 9.17) is 9.97 Å². The average Bonchev–Trinajstić information content (AvgIpc) is 2.90. The molecule has 172 valence electrons. The second-order valence-electron chi connectivity index (χ2n) is 9.57. The first-order valence-electron chi connectivity index (χ1n) is 12.4. The van der Waals surface area contributed by atoms with Gasteiger partial charge in [-0.05, 0) is 80.1 Å². The maximum Gasteiger partial charge on any atom is 0.133 e. The topological polar surface area (TPSA) is 53.1 Å². The van der Waals surface area contributed by atoms with E-state index in [1.54, 1.807) is 0 Å². The minimum Gasteiger partial charge on any atom is -0.340 e. The number of benzene rings is 2. The van der Waals surface area contributed by atoms with Gasteiger partial charge in [0, 0.05) is 53.7 Å². The van der Waals surface area contributed by atoms with Crippen molar-refractivity contribution in [1.29, 1.82) is 0 Å². The lowest BCUT2D eigenvalue weighted by Crippen LogP contribution is -2.45. The number of aryl methyl sites for hydroxylation is 1. The lowest BCUT2D eigenvalue weighted by Gasteiger charge is -2.38. The Morgan fingerprint density at radius 2 is 1.82 bits per heavy atom. The molecule has 5 nitrogen and oxygen atoms in total. The molecule has 34 heavy (non-hydrogen) atoms. The van der Waals surface area contributed by atoms with Gasteiger partial charge in [-0.1, -0.05) is 30.3 Å². The maximum atomic E-state index is 4.76. The van der Waals surface area contributed by atoms with Gasteiger partial charge in [-0.3, -0.25) is 9.88 Å². The molecule has 2 N–H and O–H groups in total. The minimum absolute atomic E-state index is 0.702. The molecular formula is C29H31N5. The summed E-state index contributed by atoms with van der Waals surface area (Å²) in [6, 6.07) is 20.0. The summed E-state index contributed by atoms with van der Waals surface area (Å²) in [6.45, 7) is 6.56. The number of rotatable bonds is 4. The van der Waals surface area contributed by atoms with Crippen LogP contribution in [0.1, 0.15) is 29.5 Å². The normalized spacial score (nSPS) is 17.0. The van der Waals surface area contributed by atoms with Gasteiger partial charge in [0.15, 0.2) is 0 Å². The minimum atomic E-state index is 0.702. The third-order valence-electron chi connectivity index (χ3n) is 7.41. The van der Waals surface area contributed by atoms with Gasteiger partial charge in [0.1, 0.15) is 5.82 Å². The van der Waals surface area contributed by atoms with E-state index in [-0.39, 0.29) is 0 Å². The molecule has 6 rings (SSSR count). The molecule has 4 aromatic rings. The first-order valence-corrected chi connectivity index (χ1v) is 12.4. The number of pyridine rings is 2. The largest absolute Gasteiger partial charge is 0.340 e. The molecular weight excluding hydrogens is 418 g/mol. The molecule has 2 aliphatic heterocycles. The van der Waals surface area contributed by atoms with E-state index in [1.807, 2.05) is 12.4 Å². The molecule has 4 heterocycles. The molecule has 5 heteroatoms. The molecule has 1 saturated heterocycles. The molecule has 0 amide bonds. The fourth-order valence-electron chi connectivity index (χ4n) is 5.45. The number of hydrogen-bond acceptors (Lipinski definition) is 5. The van der Waals surface area contributed by atoms with Crippen LogP contribution in [0.25, 0.3) is 22.0 Å². The Morgan fingerprint density at radius 1 is 0.971 bits per heavy atom. The lowest BCUT2D eigenvalue weighted by atomic mass is 9.96. The SMILES string of the molecule is Cc1ccc(Nc2nccc3c2CCN(C2CCNCC2)C3)cc1-c1cc2ccccc2cn1. The quantitative estimate of drug-likeness (QED) is 0.433. The third-order valence-corrected chi connectivity index (χ3v) is 7.41. The van der Waals surface area contributed by atoms with E-state index >= 15 is 0 Å². The second-order valence-corrected chi connectivity index (χ2v) is 9.57. The van der Waals surface area contributed by atoms with Gasteiger partial charge in [0.2, 0.25) is 0 Å². The highest BCUT2D eigenvalue weighted by atomic mass is 15.2. The first-order chi connectivity index (χ1) is 16.7. The summed E-state index contributed by atoms with van der Waals surface area (Å²) in [5.41, 5.74) is 7.19. The summed E-state index contributed by atoms with van der Waals surface area (Å²) in [4.78, 5) is 12.2. The van der Waals surface area contributed by atoms with E-state index in [9.17, 15) is 0 Å². The van der Waals surface area contributed by atoms with Gasteiger partial charge >= 0.3 is 0 Å². The molecule has 0 saturated carbocycles. The summed E-state index contributed by atoms with van der Waals surface area (Å²) in [5.74, 6) is 0.990. The maximum absolute atomic E-state index is 4.76. The number of fused-ring (bicyclic) bond motifs is 2. The number of nitrogens with one attached hydrogen (secondary N) is 2. The predicted octanol–water partition coefficient (Wildman–Crippen LogP) is 5.46. The molecule has 2 aromatic carbocycles. The van der Waals surface area contributed by atoms with Crippen molar-refractivity contribution < 1.29 is 0 Å².